The molecule has 0 atom stereocenters. The van der Waals surface area contributed by atoms with E-state index in [4.69, 9.17) is 22.6 Å². The van der Waals surface area contributed by atoms with Crippen LogP contribution in [0.2, 0.25) is 5.02 Å². The lowest BCUT2D eigenvalue weighted by molar-refractivity contribution is 0.189. The maximum absolute atomic E-state index is 8.98. The van der Waals surface area contributed by atoms with E-state index >= 15 is 0 Å². The monoisotopic (exact) mass is 258 g/mol. The van der Waals surface area contributed by atoms with Gasteiger partial charge in [0.05, 0.1) is 17.3 Å². The largest absolute Gasteiger partial charge is 0.395 e. The van der Waals surface area contributed by atoms with E-state index in [0.29, 0.717) is 23.9 Å². The number of rotatable bonds is 7. The number of hydrazine groups is 1. The molecular weight excluding hydrogens is 240 g/mol. The Kier molecular flexibility index (Phi) is 6.21. The highest BCUT2D eigenvalue weighted by Crippen LogP contribution is 2.18. The van der Waals surface area contributed by atoms with Crippen molar-refractivity contribution in [3.05, 3.63) is 22.8 Å². The van der Waals surface area contributed by atoms with E-state index in [9.17, 15) is 0 Å². The molecule has 0 aliphatic heterocycles. The third kappa shape index (κ3) is 4.47. The van der Waals surface area contributed by atoms with Gasteiger partial charge in [0.2, 0.25) is 0 Å². The van der Waals surface area contributed by atoms with Crippen LogP contribution in [0.4, 0.5) is 5.82 Å². The van der Waals surface area contributed by atoms with Crippen LogP contribution >= 0.6 is 11.6 Å². The van der Waals surface area contributed by atoms with E-state index in [1.165, 1.54) is 0 Å². The average Bonchev–Trinajstić information content (AvgIpc) is 2.32. The summed E-state index contributed by atoms with van der Waals surface area (Å²) in [6, 6.07) is 3.49. The minimum atomic E-state index is 0.131. The Morgan fingerprint density at radius 2 is 2.24 bits per heavy atom. The van der Waals surface area contributed by atoms with Gasteiger partial charge in [-0.05, 0) is 25.1 Å². The summed E-state index contributed by atoms with van der Waals surface area (Å²) in [7, 11) is 0. The number of hydrogen-bond acceptors (Lipinski definition) is 5. The fourth-order valence-electron chi connectivity index (χ4n) is 1.61. The van der Waals surface area contributed by atoms with Crippen LogP contribution < -0.4 is 11.3 Å². The highest BCUT2D eigenvalue weighted by Gasteiger charge is 2.09. The van der Waals surface area contributed by atoms with Crippen LogP contribution in [-0.4, -0.2) is 34.7 Å². The number of pyridine rings is 1. The second kappa shape index (κ2) is 7.45. The van der Waals surface area contributed by atoms with Gasteiger partial charge in [0.15, 0.2) is 0 Å². The van der Waals surface area contributed by atoms with E-state index in [1.807, 2.05) is 0 Å². The quantitative estimate of drug-likeness (QED) is 0.507. The van der Waals surface area contributed by atoms with Crippen molar-refractivity contribution >= 4 is 17.4 Å². The summed E-state index contributed by atoms with van der Waals surface area (Å²) in [5, 5.41) is 9.60. The van der Waals surface area contributed by atoms with Gasteiger partial charge >= 0.3 is 0 Å². The van der Waals surface area contributed by atoms with Crippen molar-refractivity contribution in [3.8, 4) is 0 Å². The Hall–Kier alpha value is -0.880. The molecule has 96 valence electrons. The van der Waals surface area contributed by atoms with E-state index in [2.05, 4.69) is 22.2 Å². The number of hydrogen-bond donors (Lipinski definition) is 3. The summed E-state index contributed by atoms with van der Waals surface area (Å²) in [5.41, 5.74) is 3.26. The molecule has 0 saturated carbocycles. The Balaban J connectivity index is 2.76. The molecule has 1 heterocycles. The Labute approximate surface area is 107 Å². The molecule has 0 unspecified atom stereocenters. The fourth-order valence-corrected chi connectivity index (χ4v) is 1.78. The molecule has 17 heavy (non-hydrogen) atoms. The molecule has 0 radical (unpaired) electrons. The highest BCUT2D eigenvalue weighted by atomic mass is 35.5. The standard InChI is InChI=1S/C11H19ClN4O/c1-2-5-16(6-7-17)8-10-9(12)3-4-11(14-10)15-13/h3-4,17H,2,5-8,13H2,1H3,(H,14,15). The zero-order valence-corrected chi connectivity index (χ0v) is 10.7. The first-order valence-corrected chi connectivity index (χ1v) is 6.04. The van der Waals surface area contributed by atoms with Crippen molar-refractivity contribution in [3.63, 3.8) is 0 Å². The summed E-state index contributed by atoms with van der Waals surface area (Å²) in [6.45, 7) is 4.36. The number of halogens is 1. The van der Waals surface area contributed by atoms with E-state index in [1.54, 1.807) is 12.1 Å². The smallest absolute Gasteiger partial charge is 0.140 e. The molecule has 0 spiro atoms. The lowest BCUT2D eigenvalue weighted by Crippen LogP contribution is -2.28. The minimum Gasteiger partial charge on any atom is -0.395 e. The predicted molar refractivity (Wildman–Crippen MR) is 69.7 cm³/mol. The van der Waals surface area contributed by atoms with Gasteiger partial charge in [-0.2, -0.15) is 0 Å². The number of anilines is 1. The van der Waals surface area contributed by atoms with Crippen LogP contribution in [-0.2, 0) is 6.54 Å². The first-order valence-electron chi connectivity index (χ1n) is 5.66. The molecular formula is C11H19ClN4O. The van der Waals surface area contributed by atoms with Crippen LogP contribution in [0.1, 0.15) is 19.0 Å². The van der Waals surface area contributed by atoms with E-state index < -0.39 is 0 Å². The van der Waals surface area contributed by atoms with E-state index in [0.717, 1.165) is 18.7 Å². The van der Waals surface area contributed by atoms with E-state index in [-0.39, 0.29) is 6.61 Å². The maximum atomic E-state index is 8.98. The molecule has 5 nitrogen and oxygen atoms in total. The molecule has 0 aliphatic carbocycles. The first kappa shape index (κ1) is 14.2. The minimum absolute atomic E-state index is 0.131. The van der Waals surface area contributed by atoms with Crippen molar-refractivity contribution in [2.75, 3.05) is 25.1 Å². The van der Waals surface area contributed by atoms with Crippen molar-refractivity contribution in [1.29, 1.82) is 0 Å². The molecule has 1 aromatic rings. The maximum Gasteiger partial charge on any atom is 0.140 e. The SMILES string of the molecule is CCCN(CCO)Cc1nc(NN)ccc1Cl. The summed E-state index contributed by atoms with van der Waals surface area (Å²) in [5.74, 6) is 5.90. The number of nitrogens with zero attached hydrogens (tertiary/aromatic N) is 2. The number of nitrogen functional groups attached to an aromatic ring is 1. The van der Waals surface area contributed by atoms with Crippen molar-refractivity contribution < 1.29 is 5.11 Å². The molecule has 0 saturated heterocycles. The second-order valence-electron chi connectivity index (χ2n) is 3.77. The Bertz CT molecular complexity index is 342. The number of nitrogens with one attached hydrogen (secondary N) is 1. The van der Waals surface area contributed by atoms with Gasteiger partial charge in [-0.25, -0.2) is 10.8 Å². The summed E-state index contributed by atoms with van der Waals surface area (Å²) in [4.78, 5) is 6.41. The molecule has 1 rings (SSSR count). The third-order valence-corrected chi connectivity index (χ3v) is 2.74. The Morgan fingerprint density at radius 3 is 2.82 bits per heavy atom. The van der Waals surface area contributed by atoms with Crippen molar-refractivity contribution in [2.24, 2.45) is 5.84 Å². The van der Waals surface area contributed by atoms with Crippen LogP contribution in [0.5, 0.6) is 0 Å². The predicted octanol–water partition coefficient (Wildman–Crippen LogP) is 1.22. The molecule has 4 N–H and O–H groups in total. The lowest BCUT2D eigenvalue weighted by atomic mass is 10.3. The van der Waals surface area contributed by atoms with Crippen LogP contribution in [0.15, 0.2) is 12.1 Å². The van der Waals surface area contributed by atoms with Gasteiger partial charge in [0.25, 0.3) is 0 Å². The van der Waals surface area contributed by atoms with Crippen LogP contribution in [0.3, 0.4) is 0 Å². The summed E-state index contributed by atoms with van der Waals surface area (Å²) in [6.07, 6.45) is 1.02. The summed E-state index contributed by atoms with van der Waals surface area (Å²) >= 11 is 6.08. The third-order valence-electron chi connectivity index (χ3n) is 2.40. The molecule has 0 aliphatic rings. The number of aliphatic hydroxyl groups excluding tert-OH is 1. The van der Waals surface area contributed by atoms with Crippen molar-refractivity contribution in [1.82, 2.24) is 9.88 Å². The first-order chi connectivity index (χ1) is 8.21. The second-order valence-corrected chi connectivity index (χ2v) is 4.18. The fraction of sp³-hybridized carbons (Fsp3) is 0.545. The Morgan fingerprint density at radius 1 is 1.47 bits per heavy atom. The van der Waals surface area contributed by atoms with Gasteiger partial charge in [0, 0.05) is 13.1 Å². The molecule has 6 heteroatoms. The topological polar surface area (TPSA) is 74.4 Å². The molecule has 0 bridgehead atoms. The van der Waals surface area contributed by atoms with Gasteiger partial charge < -0.3 is 10.5 Å². The number of aromatic nitrogens is 1. The zero-order valence-electron chi connectivity index (χ0n) is 9.99. The van der Waals surface area contributed by atoms with Crippen LogP contribution in [0.25, 0.3) is 0 Å². The molecule has 0 fully saturated rings. The lowest BCUT2D eigenvalue weighted by Gasteiger charge is -2.20. The van der Waals surface area contributed by atoms with Crippen molar-refractivity contribution in [2.45, 2.75) is 19.9 Å². The number of aliphatic hydroxyl groups is 1. The van der Waals surface area contributed by atoms with Crippen LogP contribution in [0, 0.1) is 0 Å². The highest BCUT2D eigenvalue weighted by molar-refractivity contribution is 6.31. The summed E-state index contributed by atoms with van der Waals surface area (Å²) < 4.78 is 0. The van der Waals surface area contributed by atoms with Gasteiger partial charge in [-0.1, -0.05) is 18.5 Å². The molecule has 0 amide bonds. The number of nitrogens with two attached hydrogens (primary N) is 1. The van der Waals surface area contributed by atoms with Gasteiger partial charge in [0.1, 0.15) is 5.82 Å². The van der Waals surface area contributed by atoms with Gasteiger partial charge in [-0.15, -0.1) is 0 Å². The normalized spacial score (nSPS) is 10.9. The zero-order chi connectivity index (χ0) is 12.7. The van der Waals surface area contributed by atoms with Gasteiger partial charge in [-0.3, -0.25) is 4.90 Å². The molecule has 1 aromatic heterocycles. The molecule has 0 aromatic carbocycles. The average molecular weight is 259 g/mol.